The first-order valence-electron chi connectivity index (χ1n) is 5.87. The van der Waals surface area contributed by atoms with E-state index in [-0.39, 0.29) is 18.8 Å². The first kappa shape index (κ1) is 15.2. The van der Waals surface area contributed by atoms with Crippen LogP contribution in [0.4, 0.5) is 13.2 Å². The summed E-state index contributed by atoms with van der Waals surface area (Å²) in [6.07, 6.45) is -5.39. The van der Waals surface area contributed by atoms with Gasteiger partial charge in [-0.3, -0.25) is 0 Å². The van der Waals surface area contributed by atoms with Gasteiger partial charge >= 0.3 is 6.18 Å². The fraction of sp³-hybridized carbons (Fsp3) is 0.385. The predicted octanol–water partition coefficient (Wildman–Crippen LogP) is 4.09. The van der Waals surface area contributed by atoms with Crippen molar-refractivity contribution < 1.29 is 27.4 Å². The zero-order valence-corrected chi connectivity index (χ0v) is 11.0. The number of halogens is 4. The SMILES string of the molecule is OC(CCOCC(F)(F)F)c1cc2cccc(Cl)c2o1. The van der Waals surface area contributed by atoms with E-state index in [0.29, 0.717) is 10.6 Å². The lowest BCUT2D eigenvalue weighted by molar-refractivity contribution is -0.175. The summed E-state index contributed by atoms with van der Waals surface area (Å²) in [6, 6.07) is 6.76. The number of furan rings is 1. The summed E-state index contributed by atoms with van der Waals surface area (Å²) in [4.78, 5) is 0. The van der Waals surface area contributed by atoms with Gasteiger partial charge in [0.15, 0.2) is 5.58 Å². The van der Waals surface area contributed by atoms with E-state index in [2.05, 4.69) is 4.74 Å². The summed E-state index contributed by atoms with van der Waals surface area (Å²) in [5.74, 6) is 0.253. The molecule has 0 aliphatic carbocycles. The molecular weight excluding hydrogens is 297 g/mol. The average Bonchev–Trinajstić information content (AvgIpc) is 2.79. The van der Waals surface area contributed by atoms with Crippen molar-refractivity contribution in [3.05, 3.63) is 35.0 Å². The lowest BCUT2D eigenvalue weighted by Crippen LogP contribution is -2.18. The fourth-order valence-corrected chi connectivity index (χ4v) is 1.96. The highest BCUT2D eigenvalue weighted by Crippen LogP contribution is 2.30. The van der Waals surface area contributed by atoms with E-state index in [1.165, 1.54) is 0 Å². The highest BCUT2D eigenvalue weighted by molar-refractivity contribution is 6.34. The summed E-state index contributed by atoms with van der Waals surface area (Å²) >= 11 is 5.93. The molecule has 0 saturated heterocycles. The fourth-order valence-electron chi connectivity index (χ4n) is 1.74. The Kier molecular flexibility index (Phi) is 4.57. The minimum Gasteiger partial charge on any atom is -0.457 e. The summed E-state index contributed by atoms with van der Waals surface area (Å²) in [6.45, 7) is -1.54. The second kappa shape index (κ2) is 6.03. The topological polar surface area (TPSA) is 42.6 Å². The van der Waals surface area contributed by atoms with E-state index in [1.54, 1.807) is 24.3 Å². The number of alkyl halides is 3. The molecule has 2 aromatic rings. The molecule has 1 atom stereocenters. The van der Waals surface area contributed by atoms with Gasteiger partial charge in [-0.05, 0) is 12.1 Å². The highest BCUT2D eigenvalue weighted by Gasteiger charge is 2.27. The summed E-state index contributed by atoms with van der Waals surface area (Å²) in [5.41, 5.74) is 0.444. The van der Waals surface area contributed by atoms with Crippen LogP contribution < -0.4 is 0 Å². The highest BCUT2D eigenvalue weighted by atomic mass is 35.5. The quantitative estimate of drug-likeness (QED) is 0.846. The van der Waals surface area contributed by atoms with Gasteiger partial charge in [-0.25, -0.2) is 0 Å². The average molecular weight is 309 g/mol. The van der Waals surface area contributed by atoms with Crippen LogP contribution in [0.3, 0.4) is 0 Å². The van der Waals surface area contributed by atoms with E-state index < -0.39 is 18.9 Å². The number of fused-ring (bicyclic) bond motifs is 1. The molecule has 0 bridgehead atoms. The second-order valence-corrected chi connectivity index (χ2v) is 4.69. The second-order valence-electron chi connectivity index (χ2n) is 4.28. The Morgan fingerprint density at radius 3 is 2.75 bits per heavy atom. The molecule has 0 radical (unpaired) electrons. The van der Waals surface area contributed by atoms with Gasteiger partial charge in [-0.1, -0.05) is 23.7 Å². The Hall–Kier alpha value is -1.24. The number of rotatable bonds is 5. The first-order valence-corrected chi connectivity index (χ1v) is 6.25. The van der Waals surface area contributed by atoms with Gasteiger partial charge in [-0.15, -0.1) is 0 Å². The molecule has 0 fully saturated rings. The van der Waals surface area contributed by atoms with Crippen molar-refractivity contribution in [2.75, 3.05) is 13.2 Å². The molecule has 0 aliphatic rings. The van der Waals surface area contributed by atoms with Gasteiger partial charge in [0.2, 0.25) is 0 Å². The molecule has 0 aliphatic heterocycles. The van der Waals surface area contributed by atoms with Crippen molar-refractivity contribution >= 4 is 22.6 Å². The number of aliphatic hydroxyl groups is 1. The maximum Gasteiger partial charge on any atom is 0.411 e. The van der Waals surface area contributed by atoms with E-state index >= 15 is 0 Å². The molecule has 7 heteroatoms. The Morgan fingerprint density at radius 2 is 2.10 bits per heavy atom. The van der Waals surface area contributed by atoms with Crippen LogP contribution in [0.15, 0.2) is 28.7 Å². The molecule has 20 heavy (non-hydrogen) atoms. The van der Waals surface area contributed by atoms with Crippen LogP contribution in [0.2, 0.25) is 5.02 Å². The number of aliphatic hydroxyl groups excluding tert-OH is 1. The summed E-state index contributed by atoms with van der Waals surface area (Å²) in [5, 5.41) is 11.0. The Labute approximate surface area is 117 Å². The van der Waals surface area contributed by atoms with Crippen molar-refractivity contribution in [2.24, 2.45) is 0 Å². The Bertz CT molecular complexity index is 580. The van der Waals surface area contributed by atoms with Crippen LogP contribution in [-0.4, -0.2) is 24.5 Å². The normalized spacial score (nSPS) is 13.8. The van der Waals surface area contributed by atoms with Crippen LogP contribution >= 0.6 is 11.6 Å². The van der Waals surface area contributed by atoms with Crippen molar-refractivity contribution in [2.45, 2.75) is 18.7 Å². The van der Waals surface area contributed by atoms with Crippen molar-refractivity contribution in [3.8, 4) is 0 Å². The van der Waals surface area contributed by atoms with Crippen LogP contribution in [-0.2, 0) is 4.74 Å². The van der Waals surface area contributed by atoms with Gasteiger partial charge in [0.05, 0.1) is 5.02 Å². The molecule has 0 amide bonds. The third-order valence-electron chi connectivity index (χ3n) is 2.64. The molecule has 1 unspecified atom stereocenters. The van der Waals surface area contributed by atoms with Crippen LogP contribution in [0.5, 0.6) is 0 Å². The first-order chi connectivity index (χ1) is 9.37. The van der Waals surface area contributed by atoms with Crippen molar-refractivity contribution in [3.63, 3.8) is 0 Å². The molecule has 2 rings (SSSR count). The number of para-hydroxylation sites is 1. The molecule has 3 nitrogen and oxygen atoms in total. The molecular formula is C13H12ClF3O3. The third kappa shape index (κ3) is 3.88. The lowest BCUT2D eigenvalue weighted by Gasteiger charge is -2.10. The number of hydrogen-bond donors (Lipinski definition) is 1. The molecule has 0 spiro atoms. The van der Waals surface area contributed by atoms with E-state index in [9.17, 15) is 18.3 Å². The van der Waals surface area contributed by atoms with Crippen molar-refractivity contribution in [1.82, 2.24) is 0 Å². The smallest absolute Gasteiger partial charge is 0.411 e. The Balaban J connectivity index is 1.94. The van der Waals surface area contributed by atoms with Gasteiger partial charge < -0.3 is 14.3 Å². The van der Waals surface area contributed by atoms with E-state index in [0.717, 1.165) is 5.39 Å². The van der Waals surface area contributed by atoms with Crippen LogP contribution in [0.1, 0.15) is 18.3 Å². The monoisotopic (exact) mass is 308 g/mol. The summed E-state index contributed by atoms with van der Waals surface area (Å²) < 4.78 is 45.4. The van der Waals surface area contributed by atoms with E-state index in [4.69, 9.17) is 16.0 Å². The standard InChI is InChI=1S/C13H12ClF3O3/c14-9-3-1-2-8-6-11(20-12(8)9)10(18)4-5-19-7-13(15,16)17/h1-3,6,10,18H,4-5,7H2. The van der Waals surface area contributed by atoms with Gasteiger partial charge in [0, 0.05) is 18.4 Å². The van der Waals surface area contributed by atoms with Crippen LogP contribution in [0, 0.1) is 0 Å². The molecule has 0 saturated carbocycles. The molecule has 110 valence electrons. The minimum atomic E-state index is -4.36. The van der Waals surface area contributed by atoms with Gasteiger partial charge in [-0.2, -0.15) is 13.2 Å². The summed E-state index contributed by atoms with van der Waals surface area (Å²) in [7, 11) is 0. The maximum atomic E-state index is 11.9. The zero-order chi connectivity index (χ0) is 14.8. The van der Waals surface area contributed by atoms with Gasteiger partial charge in [0.1, 0.15) is 18.5 Å². The maximum absolute atomic E-state index is 11.9. The Morgan fingerprint density at radius 1 is 1.35 bits per heavy atom. The molecule has 1 N–H and O–H groups in total. The van der Waals surface area contributed by atoms with Crippen molar-refractivity contribution in [1.29, 1.82) is 0 Å². The largest absolute Gasteiger partial charge is 0.457 e. The van der Waals surface area contributed by atoms with Crippen LogP contribution in [0.25, 0.3) is 11.0 Å². The van der Waals surface area contributed by atoms with E-state index in [1.807, 2.05) is 0 Å². The van der Waals surface area contributed by atoms with Gasteiger partial charge in [0.25, 0.3) is 0 Å². The minimum absolute atomic E-state index is 0.00746. The third-order valence-corrected chi connectivity index (χ3v) is 2.94. The molecule has 1 aromatic carbocycles. The predicted molar refractivity (Wildman–Crippen MR) is 67.7 cm³/mol. The molecule has 1 heterocycles. The number of hydrogen-bond acceptors (Lipinski definition) is 3. The zero-order valence-electron chi connectivity index (χ0n) is 10.3. The number of ether oxygens (including phenoxy) is 1. The lowest BCUT2D eigenvalue weighted by atomic mass is 10.2. The molecule has 1 aromatic heterocycles. The number of benzene rings is 1.